The zero-order valence-corrected chi connectivity index (χ0v) is 13.7. The molecule has 0 heterocycles. The summed E-state index contributed by atoms with van der Waals surface area (Å²) in [6.45, 7) is 4.26. The molecule has 0 aliphatic carbocycles. The number of benzene rings is 1. The number of carbonyl (C=O) groups excluding carboxylic acids is 2. The molecule has 0 aliphatic rings. The van der Waals surface area contributed by atoms with E-state index in [0.29, 0.717) is 13.0 Å². The molecular formula is C15H22N4O5. The molecule has 0 spiro atoms. The van der Waals surface area contributed by atoms with Crippen molar-refractivity contribution in [2.75, 3.05) is 11.9 Å². The Bertz CT molecular complexity index is 606. The van der Waals surface area contributed by atoms with Crippen molar-refractivity contribution < 1.29 is 19.2 Å². The van der Waals surface area contributed by atoms with E-state index in [1.54, 1.807) is 6.92 Å². The number of unbranched alkanes of at least 4 members (excludes halogenated alkanes) is 1. The number of carbonyl (C=O) groups is 2. The van der Waals surface area contributed by atoms with E-state index >= 15 is 0 Å². The van der Waals surface area contributed by atoms with Crippen LogP contribution < -0.4 is 16.4 Å². The van der Waals surface area contributed by atoms with Gasteiger partial charge in [0.05, 0.1) is 4.92 Å². The Morgan fingerprint density at radius 1 is 1.38 bits per heavy atom. The van der Waals surface area contributed by atoms with Gasteiger partial charge in [0.25, 0.3) is 5.69 Å². The van der Waals surface area contributed by atoms with Gasteiger partial charge in [-0.05, 0) is 18.6 Å². The first-order valence-corrected chi connectivity index (χ1v) is 7.68. The van der Waals surface area contributed by atoms with Crippen LogP contribution in [-0.4, -0.2) is 29.7 Å². The lowest BCUT2D eigenvalue weighted by Crippen LogP contribution is -2.33. The first-order chi connectivity index (χ1) is 11.4. The molecule has 1 aromatic carbocycles. The van der Waals surface area contributed by atoms with E-state index in [1.165, 1.54) is 12.1 Å². The van der Waals surface area contributed by atoms with Gasteiger partial charge in [-0.3, -0.25) is 14.9 Å². The van der Waals surface area contributed by atoms with Crippen molar-refractivity contribution in [3.8, 4) is 0 Å². The van der Waals surface area contributed by atoms with Crippen LogP contribution >= 0.6 is 0 Å². The number of nitro benzene ring substituents is 1. The van der Waals surface area contributed by atoms with Gasteiger partial charge in [0, 0.05) is 24.6 Å². The van der Waals surface area contributed by atoms with Gasteiger partial charge in [0.15, 0.2) is 6.23 Å². The van der Waals surface area contributed by atoms with E-state index in [1.807, 2.05) is 6.92 Å². The summed E-state index contributed by atoms with van der Waals surface area (Å²) in [4.78, 5) is 33.3. The minimum Gasteiger partial charge on any atom is -0.426 e. The topological polar surface area (TPSA) is 137 Å². The van der Waals surface area contributed by atoms with Crippen LogP contribution in [0.3, 0.4) is 0 Å². The Labute approximate surface area is 139 Å². The van der Waals surface area contributed by atoms with Crippen LogP contribution in [0.15, 0.2) is 18.2 Å². The predicted octanol–water partition coefficient (Wildman–Crippen LogP) is 2.37. The number of rotatable bonds is 9. The van der Waals surface area contributed by atoms with Crippen LogP contribution in [0.25, 0.3) is 0 Å². The molecule has 0 bridgehead atoms. The van der Waals surface area contributed by atoms with Gasteiger partial charge in [0.2, 0.25) is 5.91 Å². The molecule has 0 fully saturated rings. The molecular weight excluding hydrogens is 316 g/mol. The maximum Gasteiger partial charge on any atom is 0.409 e. The third kappa shape index (κ3) is 5.75. The molecule has 1 unspecified atom stereocenters. The Morgan fingerprint density at radius 3 is 2.62 bits per heavy atom. The van der Waals surface area contributed by atoms with Crippen molar-refractivity contribution in [2.45, 2.75) is 39.3 Å². The van der Waals surface area contributed by atoms with Gasteiger partial charge in [-0.25, -0.2) is 4.79 Å². The fourth-order valence-electron chi connectivity index (χ4n) is 1.88. The maximum absolute atomic E-state index is 11.7. The van der Waals surface area contributed by atoms with E-state index in [9.17, 15) is 19.7 Å². The van der Waals surface area contributed by atoms with Crippen LogP contribution in [0, 0.1) is 10.1 Å². The normalized spacial score (nSPS) is 11.4. The van der Waals surface area contributed by atoms with Gasteiger partial charge in [-0.15, -0.1) is 0 Å². The Balaban J connectivity index is 2.82. The number of anilines is 1. The number of alkyl carbamates (subject to hydrolysis) is 1. The molecule has 9 heteroatoms. The molecule has 24 heavy (non-hydrogen) atoms. The highest BCUT2D eigenvalue weighted by Gasteiger charge is 2.20. The Morgan fingerprint density at radius 2 is 2.08 bits per heavy atom. The van der Waals surface area contributed by atoms with Gasteiger partial charge in [-0.1, -0.05) is 20.3 Å². The molecule has 0 saturated carbocycles. The molecule has 132 valence electrons. The molecule has 2 amide bonds. The SMILES string of the molecule is CCCCNC(=O)OC(CC)Nc1ccc(C(N)=O)cc1[N+](=O)[O-]. The Kier molecular flexibility index (Phi) is 7.47. The first kappa shape index (κ1) is 19.2. The van der Waals surface area contributed by atoms with Crippen LogP contribution in [0.4, 0.5) is 16.2 Å². The number of hydrogen-bond acceptors (Lipinski definition) is 6. The third-order valence-electron chi connectivity index (χ3n) is 3.22. The monoisotopic (exact) mass is 338 g/mol. The molecule has 1 rings (SSSR count). The summed E-state index contributed by atoms with van der Waals surface area (Å²) in [6, 6.07) is 3.81. The fraction of sp³-hybridized carbons (Fsp3) is 0.467. The first-order valence-electron chi connectivity index (χ1n) is 7.68. The van der Waals surface area contributed by atoms with Gasteiger partial charge in [0.1, 0.15) is 5.69 Å². The Hall–Kier alpha value is -2.84. The van der Waals surface area contributed by atoms with Crippen LogP contribution in [-0.2, 0) is 4.74 Å². The summed E-state index contributed by atoms with van der Waals surface area (Å²) in [5, 5.41) is 16.5. The number of amides is 2. The minimum absolute atomic E-state index is 0.0264. The minimum atomic E-state index is -0.761. The van der Waals surface area contributed by atoms with E-state index in [-0.39, 0.29) is 16.9 Å². The standard InChI is InChI=1S/C15H22N4O5/c1-3-5-8-17-15(21)24-13(4-2)18-11-7-6-10(14(16)20)9-12(11)19(22)23/h6-7,9,13,18H,3-5,8H2,1-2H3,(H2,16,20)(H,17,21). The van der Waals surface area contributed by atoms with Crippen molar-refractivity contribution in [1.82, 2.24) is 5.32 Å². The predicted molar refractivity (Wildman–Crippen MR) is 88.7 cm³/mol. The van der Waals surface area contributed by atoms with E-state index < -0.39 is 23.2 Å². The molecule has 9 nitrogen and oxygen atoms in total. The molecule has 4 N–H and O–H groups in total. The van der Waals surface area contributed by atoms with Crippen molar-refractivity contribution >= 4 is 23.4 Å². The molecule has 0 aromatic heterocycles. The maximum atomic E-state index is 11.7. The second kappa shape index (κ2) is 9.33. The van der Waals surface area contributed by atoms with Crippen LogP contribution in [0.1, 0.15) is 43.5 Å². The molecule has 1 atom stereocenters. The van der Waals surface area contributed by atoms with E-state index in [0.717, 1.165) is 18.9 Å². The number of ether oxygens (including phenoxy) is 1. The summed E-state index contributed by atoms with van der Waals surface area (Å²) < 4.78 is 5.19. The highest BCUT2D eigenvalue weighted by atomic mass is 16.6. The summed E-state index contributed by atoms with van der Waals surface area (Å²) in [7, 11) is 0. The zero-order valence-electron chi connectivity index (χ0n) is 13.7. The quantitative estimate of drug-likeness (QED) is 0.273. The number of nitrogens with zero attached hydrogens (tertiary/aromatic N) is 1. The average molecular weight is 338 g/mol. The number of nitrogens with one attached hydrogen (secondary N) is 2. The molecule has 0 aliphatic heterocycles. The van der Waals surface area contributed by atoms with Crippen molar-refractivity contribution in [3.05, 3.63) is 33.9 Å². The number of nitrogens with two attached hydrogens (primary N) is 1. The highest BCUT2D eigenvalue weighted by molar-refractivity contribution is 5.94. The largest absolute Gasteiger partial charge is 0.426 e. The number of nitro groups is 1. The second-order valence-electron chi connectivity index (χ2n) is 5.08. The molecule has 0 saturated heterocycles. The van der Waals surface area contributed by atoms with Gasteiger partial charge < -0.3 is 21.1 Å². The summed E-state index contributed by atoms with van der Waals surface area (Å²) in [5.41, 5.74) is 4.97. The highest BCUT2D eigenvalue weighted by Crippen LogP contribution is 2.26. The molecule has 0 radical (unpaired) electrons. The molecule has 1 aromatic rings. The van der Waals surface area contributed by atoms with Gasteiger partial charge >= 0.3 is 6.09 Å². The lowest BCUT2D eigenvalue weighted by Gasteiger charge is -2.19. The van der Waals surface area contributed by atoms with Crippen molar-refractivity contribution in [3.63, 3.8) is 0 Å². The van der Waals surface area contributed by atoms with E-state index in [2.05, 4.69) is 10.6 Å². The summed E-state index contributed by atoms with van der Waals surface area (Å²) in [5.74, 6) is -0.761. The smallest absolute Gasteiger partial charge is 0.409 e. The lowest BCUT2D eigenvalue weighted by molar-refractivity contribution is -0.384. The third-order valence-corrected chi connectivity index (χ3v) is 3.22. The number of primary amides is 1. The summed E-state index contributed by atoms with van der Waals surface area (Å²) in [6.07, 6.45) is 0.827. The van der Waals surface area contributed by atoms with Crippen LogP contribution in [0.5, 0.6) is 0 Å². The number of hydrogen-bond donors (Lipinski definition) is 3. The zero-order chi connectivity index (χ0) is 18.1. The summed E-state index contributed by atoms with van der Waals surface area (Å²) >= 11 is 0. The van der Waals surface area contributed by atoms with Crippen molar-refractivity contribution in [1.29, 1.82) is 0 Å². The average Bonchev–Trinajstić information content (AvgIpc) is 2.54. The lowest BCUT2D eigenvalue weighted by atomic mass is 10.1. The fourth-order valence-corrected chi connectivity index (χ4v) is 1.88. The van der Waals surface area contributed by atoms with Gasteiger partial charge in [-0.2, -0.15) is 0 Å². The van der Waals surface area contributed by atoms with E-state index in [4.69, 9.17) is 10.5 Å². The van der Waals surface area contributed by atoms with Crippen molar-refractivity contribution in [2.24, 2.45) is 5.73 Å². The second-order valence-corrected chi connectivity index (χ2v) is 5.08. The van der Waals surface area contributed by atoms with Crippen LogP contribution in [0.2, 0.25) is 0 Å².